The number of rotatable bonds is 15. The maximum Gasteiger partial charge on any atom is 0.275 e. The van der Waals surface area contributed by atoms with Gasteiger partial charge in [-0.15, -0.1) is 0 Å². The lowest BCUT2D eigenvalue weighted by Gasteiger charge is -2.31. The number of hydrogen-bond acceptors (Lipinski definition) is 14. The Morgan fingerprint density at radius 2 is 1.32 bits per heavy atom. The first-order valence-electron chi connectivity index (χ1n) is 23.7. The SMILES string of the molecule is N#Cc1ccc2c(=O)n(CC(=O)N3CCOCC3)nc(Cc3nc4cc(OCC(F)F)c(Cl)cc4[nH]3)c2c1.NC(=O)c1ccc2c(c1)C(Cc1nc3cc(OCC(F)F)c(Cl)cc3[nH]1)=NN(CC(=O)N1CCOCC1)C2. The molecule has 76 heavy (non-hydrogen) atoms. The molecule has 20 nitrogen and oxygen atoms in total. The first-order valence-corrected chi connectivity index (χ1v) is 24.4. The van der Waals surface area contributed by atoms with E-state index in [4.69, 9.17) is 53.0 Å². The normalized spacial score (nSPS) is 14.7. The van der Waals surface area contributed by atoms with Crippen molar-refractivity contribution >= 4 is 79.5 Å². The molecule has 2 fully saturated rings. The molecule has 396 valence electrons. The quantitative estimate of drug-likeness (QED) is 0.108. The van der Waals surface area contributed by atoms with Crippen LogP contribution in [0.5, 0.6) is 11.5 Å². The molecule has 0 aliphatic carbocycles. The number of amides is 3. The van der Waals surface area contributed by atoms with Crippen LogP contribution in [0.15, 0.2) is 70.6 Å². The average Bonchev–Trinajstić information content (AvgIpc) is 4.00. The molecule has 26 heteroatoms. The van der Waals surface area contributed by atoms with Crippen molar-refractivity contribution in [1.82, 2.24) is 44.5 Å². The minimum atomic E-state index is -2.65. The lowest BCUT2D eigenvalue weighted by molar-refractivity contribution is -0.137. The van der Waals surface area contributed by atoms with E-state index >= 15 is 0 Å². The molecule has 10 rings (SSSR count). The second kappa shape index (κ2) is 23.4. The molecule has 3 aliphatic rings. The number of imidazole rings is 2. The van der Waals surface area contributed by atoms with Gasteiger partial charge < -0.3 is 44.4 Å². The highest BCUT2D eigenvalue weighted by molar-refractivity contribution is 6.33. The van der Waals surface area contributed by atoms with Gasteiger partial charge in [0.1, 0.15) is 49.5 Å². The summed E-state index contributed by atoms with van der Waals surface area (Å²) in [6.07, 6.45) is -4.93. The van der Waals surface area contributed by atoms with Crippen LogP contribution < -0.4 is 20.8 Å². The zero-order chi connectivity index (χ0) is 53.6. The number of ether oxygens (including phenoxy) is 4. The second-order valence-electron chi connectivity index (χ2n) is 17.6. The van der Waals surface area contributed by atoms with Crippen LogP contribution in [0.4, 0.5) is 17.6 Å². The van der Waals surface area contributed by atoms with Crippen LogP contribution in [0.2, 0.25) is 10.0 Å². The predicted molar refractivity (Wildman–Crippen MR) is 269 cm³/mol. The summed E-state index contributed by atoms with van der Waals surface area (Å²) >= 11 is 12.4. The number of nitriles is 1. The summed E-state index contributed by atoms with van der Waals surface area (Å²) in [5, 5.41) is 21.4. The number of fused-ring (bicyclic) bond motifs is 4. The standard InChI is InChI=1S/C25H25ClF2N6O4.C25H21ClF2N6O4/c26-17-8-19-20(9-21(17)38-13-22(27)28)31-23(30-19)10-18-16-7-14(25(29)36)1-2-15(16)11-34(32-18)12-24(35)33-3-5-37-6-4-33;26-17-8-19-20(9-21(17)38-13-22(27)28)31-23(30-19)10-18-16-7-14(11-29)1-2-15(16)25(36)34(32-18)12-24(35)33-3-5-37-6-4-33/h1-2,7-9,22H,3-6,10-13H2,(H2,29,36)(H,30,31);1-2,7-9,22H,3-6,10,12-13H2,(H,30,31). The van der Waals surface area contributed by atoms with Gasteiger partial charge in [0, 0.05) is 54.8 Å². The summed E-state index contributed by atoms with van der Waals surface area (Å²) in [4.78, 5) is 69.5. The maximum absolute atomic E-state index is 13.2. The van der Waals surface area contributed by atoms with Crippen molar-refractivity contribution in [1.29, 1.82) is 5.26 Å². The molecular weight excluding hydrogens is 1040 g/mol. The summed E-state index contributed by atoms with van der Waals surface area (Å²) in [7, 11) is 0. The third-order valence-electron chi connectivity index (χ3n) is 12.4. The molecule has 0 unspecified atom stereocenters. The van der Waals surface area contributed by atoms with Crippen molar-refractivity contribution in [3.05, 3.63) is 121 Å². The summed E-state index contributed by atoms with van der Waals surface area (Å²) < 4.78 is 72.2. The van der Waals surface area contributed by atoms with Gasteiger partial charge in [-0.3, -0.25) is 24.2 Å². The fraction of sp³-hybridized carbons (Fsp3) is 0.340. The van der Waals surface area contributed by atoms with Crippen LogP contribution in [0.25, 0.3) is 32.8 Å². The van der Waals surface area contributed by atoms with Crippen molar-refractivity contribution < 1.29 is 50.9 Å². The van der Waals surface area contributed by atoms with E-state index in [1.54, 1.807) is 51.2 Å². The van der Waals surface area contributed by atoms with E-state index in [9.17, 15) is 42.0 Å². The average molecular weight is 1090 g/mol. The number of aromatic nitrogens is 6. The number of aromatic amines is 2. The van der Waals surface area contributed by atoms with Crippen LogP contribution in [0.1, 0.15) is 44.4 Å². The molecular formula is C50H46Cl2F4N12O8. The van der Waals surface area contributed by atoms with Crippen molar-refractivity contribution in [2.24, 2.45) is 10.8 Å². The molecule has 0 spiro atoms. The van der Waals surface area contributed by atoms with Gasteiger partial charge in [0.2, 0.25) is 17.7 Å². The van der Waals surface area contributed by atoms with Gasteiger partial charge in [-0.1, -0.05) is 29.3 Å². The van der Waals surface area contributed by atoms with E-state index in [1.807, 2.05) is 0 Å². The van der Waals surface area contributed by atoms with Crippen LogP contribution in [0.3, 0.4) is 0 Å². The van der Waals surface area contributed by atoms with E-state index < -0.39 is 37.5 Å². The molecule has 3 amide bonds. The van der Waals surface area contributed by atoms with E-state index in [0.29, 0.717) is 126 Å². The molecule has 3 aliphatic heterocycles. The number of nitrogens with two attached hydrogens (primary N) is 1. The van der Waals surface area contributed by atoms with E-state index in [2.05, 4.69) is 31.1 Å². The third-order valence-corrected chi connectivity index (χ3v) is 13.0. The number of halogens is 6. The Hall–Kier alpha value is -7.85. The number of H-pyrrole nitrogens is 2. The highest BCUT2D eigenvalue weighted by Gasteiger charge is 2.27. The van der Waals surface area contributed by atoms with Gasteiger partial charge in [-0.05, 0) is 48.0 Å². The number of morpholine rings is 2. The van der Waals surface area contributed by atoms with Crippen molar-refractivity contribution in [2.75, 3.05) is 72.4 Å². The molecule has 4 aromatic carbocycles. The number of carbonyl (C=O) groups excluding carboxylic acids is 3. The van der Waals surface area contributed by atoms with Crippen molar-refractivity contribution in [3.63, 3.8) is 0 Å². The summed E-state index contributed by atoms with van der Waals surface area (Å²) in [5.41, 5.74) is 10.4. The van der Waals surface area contributed by atoms with E-state index in [0.717, 1.165) is 15.8 Å². The predicted octanol–water partition coefficient (Wildman–Crippen LogP) is 5.47. The van der Waals surface area contributed by atoms with Gasteiger partial charge in [0.05, 0.1) is 106 Å². The lowest BCUT2D eigenvalue weighted by atomic mass is 9.96. The first kappa shape index (κ1) is 53.0. The Labute approximate surface area is 438 Å². The zero-order valence-corrected chi connectivity index (χ0v) is 41.7. The van der Waals surface area contributed by atoms with Gasteiger partial charge in [0.15, 0.2) is 0 Å². The number of carbonyl (C=O) groups is 3. The van der Waals surface area contributed by atoms with Crippen LogP contribution in [0, 0.1) is 11.3 Å². The Kier molecular flexibility index (Phi) is 16.3. The Morgan fingerprint density at radius 1 is 0.750 bits per heavy atom. The molecule has 0 atom stereocenters. The lowest BCUT2D eigenvalue weighted by Crippen LogP contribution is -2.45. The molecule has 0 radical (unpaired) electrons. The molecule has 4 N–H and O–H groups in total. The Balaban J connectivity index is 0.000000186. The van der Waals surface area contributed by atoms with E-state index in [1.165, 1.54) is 24.3 Å². The van der Waals surface area contributed by atoms with Gasteiger partial charge in [-0.25, -0.2) is 32.2 Å². The van der Waals surface area contributed by atoms with Crippen LogP contribution >= 0.6 is 23.2 Å². The summed E-state index contributed by atoms with van der Waals surface area (Å²) in [6.45, 7) is 2.44. The zero-order valence-electron chi connectivity index (χ0n) is 40.2. The molecule has 0 bridgehead atoms. The van der Waals surface area contributed by atoms with Crippen molar-refractivity contribution in [2.45, 2.75) is 38.8 Å². The van der Waals surface area contributed by atoms with Crippen LogP contribution in [-0.4, -0.2) is 153 Å². The monoisotopic (exact) mass is 1090 g/mol. The second-order valence-corrected chi connectivity index (χ2v) is 18.4. The number of nitrogens with zero attached hydrogens (tertiary/aromatic N) is 9. The molecule has 7 aromatic rings. The number of hydrazone groups is 1. The minimum absolute atomic E-state index is 0.0525. The topological polar surface area (TPSA) is 252 Å². The highest BCUT2D eigenvalue weighted by Crippen LogP contribution is 2.32. The van der Waals surface area contributed by atoms with Crippen LogP contribution in [-0.2, 0) is 45.0 Å². The third kappa shape index (κ3) is 12.5. The maximum atomic E-state index is 13.2. The number of benzene rings is 4. The minimum Gasteiger partial charge on any atom is -0.486 e. The largest absolute Gasteiger partial charge is 0.486 e. The summed E-state index contributed by atoms with van der Waals surface area (Å²) in [5.74, 6) is 0.291. The van der Waals surface area contributed by atoms with Gasteiger partial charge in [0.25, 0.3) is 18.4 Å². The number of primary amides is 1. The molecule has 2 saturated heterocycles. The van der Waals surface area contributed by atoms with Gasteiger partial charge >= 0.3 is 0 Å². The van der Waals surface area contributed by atoms with Crippen molar-refractivity contribution in [3.8, 4) is 17.6 Å². The van der Waals surface area contributed by atoms with E-state index in [-0.39, 0.29) is 59.3 Å². The number of hydrogen-bond donors (Lipinski definition) is 3. The Bertz CT molecular complexity index is 3480. The molecule has 3 aromatic heterocycles. The number of nitrogens with one attached hydrogen (secondary N) is 2. The fourth-order valence-electron chi connectivity index (χ4n) is 8.72. The molecule has 6 heterocycles. The smallest absolute Gasteiger partial charge is 0.275 e. The molecule has 0 saturated carbocycles. The fourth-order valence-corrected chi connectivity index (χ4v) is 9.16. The summed E-state index contributed by atoms with van der Waals surface area (Å²) in [6, 6.07) is 17.9. The highest BCUT2D eigenvalue weighted by atomic mass is 35.5. The van der Waals surface area contributed by atoms with Gasteiger partial charge in [-0.2, -0.15) is 15.5 Å². The Morgan fingerprint density at radius 3 is 1.87 bits per heavy atom. The first-order chi connectivity index (χ1) is 36.6. The number of alkyl halides is 4.